The van der Waals surface area contributed by atoms with E-state index in [-0.39, 0.29) is 33.4 Å². The van der Waals surface area contributed by atoms with E-state index in [0.29, 0.717) is 6.92 Å². The minimum atomic E-state index is -5.11. The van der Waals surface area contributed by atoms with Crippen LogP contribution < -0.4 is 11.2 Å². The van der Waals surface area contributed by atoms with Crippen LogP contribution in [0.1, 0.15) is 28.5 Å². The van der Waals surface area contributed by atoms with Gasteiger partial charge in [0.2, 0.25) is 0 Å². The Kier molecular flexibility index (Phi) is 5.31. The number of aromatic nitrogens is 2. The zero-order valence-corrected chi connectivity index (χ0v) is 16.9. The van der Waals surface area contributed by atoms with Crippen molar-refractivity contribution >= 4 is 34.4 Å². The van der Waals surface area contributed by atoms with Crippen LogP contribution in [0.25, 0.3) is 22.2 Å². The first kappa shape index (κ1) is 22.3. The van der Waals surface area contributed by atoms with Crippen molar-refractivity contribution in [3.63, 3.8) is 0 Å². The van der Waals surface area contributed by atoms with Gasteiger partial charge in [-0.05, 0) is 37.1 Å². The molecule has 11 heteroatoms. The number of carboxylic acid groups (broad SMARTS) is 1. The second-order valence-corrected chi connectivity index (χ2v) is 7.48. The first-order valence-corrected chi connectivity index (χ1v) is 9.09. The lowest BCUT2D eigenvalue weighted by Crippen LogP contribution is -2.46. The molecule has 0 aliphatic carbocycles. The molecule has 1 aromatic carbocycles. The number of fused-ring (bicyclic) bond motifs is 1. The maximum absolute atomic E-state index is 13.6. The van der Waals surface area contributed by atoms with E-state index in [1.54, 1.807) is 0 Å². The Bertz CT molecular complexity index is 1300. The highest BCUT2D eigenvalue weighted by molar-refractivity contribution is 6.32. The van der Waals surface area contributed by atoms with Gasteiger partial charge >= 0.3 is 12.1 Å². The number of nitrogens with two attached hydrogens (primary N) is 1. The Morgan fingerprint density at radius 3 is 2.42 bits per heavy atom. The Labute approximate surface area is 177 Å². The maximum Gasteiger partial charge on any atom is 0.408 e. The van der Waals surface area contributed by atoms with E-state index in [9.17, 15) is 32.7 Å². The third kappa shape index (κ3) is 3.52. The number of nitrogens with one attached hydrogen (secondary N) is 1. The molecule has 1 unspecified atom stereocenters. The molecule has 1 amide bonds. The number of hydrogen-bond acceptors (Lipinski definition) is 4. The number of amides is 1. The summed E-state index contributed by atoms with van der Waals surface area (Å²) in [6.07, 6.45) is -3.83. The molecule has 162 valence electrons. The largest absolute Gasteiger partial charge is 0.480 e. The standard InChI is InChI=1S/C20H15ClF3N3O4/c1-8-5-10(19(2,18(30)31)20(22,23)24)11(21)6-9(8)13-7-14(28)15-12(27-13)3-4-26-16(15)17(25)29/h3-7H,1-2H3,(H2,25,29)(H,27,28)(H,30,31). The highest BCUT2D eigenvalue weighted by Gasteiger charge is 2.59. The molecule has 31 heavy (non-hydrogen) atoms. The molecule has 3 aromatic rings. The van der Waals surface area contributed by atoms with Crippen LogP contribution in [-0.2, 0) is 10.2 Å². The van der Waals surface area contributed by atoms with Crippen LogP contribution in [0.2, 0.25) is 5.02 Å². The van der Waals surface area contributed by atoms with Crippen LogP contribution >= 0.6 is 11.6 Å². The van der Waals surface area contributed by atoms with Gasteiger partial charge < -0.3 is 15.8 Å². The van der Waals surface area contributed by atoms with Gasteiger partial charge in [0.25, 0.3) is 5.91 Å². The number of hydrogen-bond donors (Lipinski definition) is 3. The summed E-state index contributed by atoms with van der Waals surface area (Å²) < 4.78 is 40.7. The topological polar surface area (TPSA) is 126 Å². The molecule has 2 aromatic heterocycles. The Hall–Kier alpha value is -3.40. The van der Waals surface area contributed by atoms with Gasteiger partial charge in [0.05, 0.1) is 16.6 Å². The number of aromatic amines is 1. The quantitative estimate of drug-likeness (QED) is 0.557. The summed E-state index contributed by atoms with van der Waals surface area (Å²) in [6.45, 7) is 1.99. The lowest BCUT2D eigenvalue weighted by molar-refractivity contribution is -0.201. The van der Waals surface area contributed by atoms with E-state index in [2.05, 4.69) is 9.97 Å². The minimum absolute atomic E-state index is 0.0327. The number of rotatable bonds is 4. The van der Waals surface area contributed by atoms with E-state index in [1.807, 2.05) is 0 Å². The molecule has 0 fully saturated rings. The maximum atomic E-state index is 13.6. The highest BCUT2D eigenvalue weighted by atomic mass is 35.5. The van der Waals surface area contributed by atoms with Crippen molar-refractivity contribution in [2.75, 3.05) is 0 Å². The number of primary amides is 1. The number of carbonyl (C=O) groups is 2. The number of pyridine rings is 2. The predicted molar refractivity (Wildman–Crippen MR) is 107 cm³/mol. The molecule has 0 spiro atoms. The monoisotopic (exact) mass is 453 g/mol. The molecule has 0 saturated carbocycles. The average Bonchev–Trinajstić information content (AvgIpc) is 2.67. The summed E-state index contributed by atoms with van der Waals surface area (Å²) in [4.78, 5) is 42.4. The second-order valence-electron chi connectivity index (χ2n) is 7.07. The van der Waals surface area contributed by atoms with Gasteiger partial charge in [-0.1, -0.05) is 17.7 Å². The Morgan fingerprint density at radius 2 is 1.87 bits per heavy atom. The van der Waals surface area contributed by atoms with Gasteiger partial charge in [0.1, 0.15) is 5.69 Å². The molecule has 4 N–H and O–H groups in total. The SMILES string of the molecule is Cc1cc(C(C)(C(=O)O)C(F)(F)F)c(Cl)cc1-c1cc(=O)c2c(C(N)=O)nccc2[nH]1. The van der Waals surface area contributed by atoms with Crippen molar-refractivity contribution in [2.24, 2.45) is 5.73 Å². The van der Waals surface area contributed by atoms with Gasteiger partial charge in [-0.15, -0.1) is 0 Å². The number of aryl methyl sites for hydroxylation is 1. The number of alkyl halides is 3. The van der Waals surface area contributed by atoms with Gasteiger partial charge in [0.15, 0.2) is 10.8 Å². The summed E-state index contributed by atoms with van der Waals surface area (Å²) in [5.41, 5.74) is 1.54. The van der Waals surface area contributed by atoms with Crippen molar-refractivity contribution in [2.45, 2.75) is 25.4 Å². The summed E-state index contributed by atoms with van der Waals surface area (Å²) in [5, 5.41) is 8.81. The van der Waals surface area contributed by atoms with Crippen molar-refractivity contribution in [1.29, 1.82) is 0 Å². The second kappa shape index (κ2) is 7.38. The van der Waals surface area contributed by atoms with E-state index < -0.39 is 39.5 Å². The number of H-pyrrole nitrogens is 1. The van der Waals surface area contributed by atoms with Crippen LogP contribution in [0.15, 0.2) is 35.3 Å². The third-order valence-electron chi connectivity index (χ3n) is 5.11. The molecule has 0 aliphatic rings. The number of aliphatic carboxylic acids is 1. The molecule has 0 radical (unpaired) electrons. The van der Waals surface area contributed by atoms with Crippen LogP contribution in [0.4, 0.5) is 13.2 Å². The number of carbonyl (C=O) groups excluding carboxylic acids is 1. The normalized spacial score (nSPS) is 13.7. The Morgan fingerprint density at radius 1 is 1.23 bits per heavy atom. The fourth-order valence-electron chi connectivity index (χ4n) is 3.28. The van der Waals surface area contributed by atoms with Gasteiger partial charge in [-0.2, -0.15) is 13.2 Å². The smallest absolute Gasteiger partial charge is 0.408 e. The molecule has 0 aliphatic heterocycles. The van der Waals surface area contributed by atoms with Crippen LogP contribution in [0.5, 0.6) is 0 Å². The molecule has 3 rings (SSSR count). The fraction of sp³-hybridized carbons (Fsp3) is 0.200. The van der Waals surface area contributed by atoms with Crippen molar-refractivity contribution < 1.29 is 27.9 Å². The zero-order valence-electron chi connectivity index (χ0n) is 16.1. The number of halogens is 4. The van der Waals surface area contributed by atoms with E-state index in [0.717, 1.165) is 18.2 Å². The first-order valence-electron chi connectivity index (χ1n) is 8.72. The van der Waals surface area contributed by atoms with E-state index in [1.165, 1.54) is 19.2 Å². The first-order chi connectivity index (χ1) is 14.3. The zero-order chi connectivity index (χ0) is 23.3. The van der Waals surface area contributed by atoms with E-state index in [4.69, 9.17) is 17.3 Å². The lowest BCUT2D eigenvalue weighted by atomic mass is 9.80. The average molecular weight is 454 g/mol. The van der Waals surface area contributed by atoms with Crippen molar-refractivity contribution in [1.82, 2.24) is 9.97 Å². The fourth-order valence-corrected chi connectivity index (χ4v) is 3.63. The van der Waals surface area contributed by atoms with Crippen molar-refractivity contribution in [3.05, 3.63) is 62.5 Å². The summed E-state index contributed by atoms with van der Waals surface area (Å²) in [5.74, 6) is -2.99. The molecular weight excluding hydrogens is 439 g/mol. The molecule has 1 atom stereocenters. The summed E-state index contributed by atoms with van der Waals surface area (Å²) >= 11 is 6.08. The van der Waals surface area contributed by atoms with Gasteiger partial charge in [0, 0.05) is 22.8 Å². The Balaban J connectivity index is 2.26. The molecule has 7 nitrogen and oxygen atoms in total. The molecule has 0 saturated heterocycles. The number of carboxylic acids is 1. The number of nitrogens with zero attached hydrogens (tertiary/aromatic N) is 1. The highest BCUT2D eigenvalue weighted by Crippen LogP contribution is 2.45. The number of benzene rings is 1. The lowest BCUT2D eigenvalue weighted by Gasteiger charge is -2.29. The van der Waals surface area contributed by atoms with Gasteiger partial charge in [-0.3, -0.25) is 19.4 Å². The molecule has 0 bridgehead atoms. The summed E-state index contributed by atoms with van der Waals surface area (Å²) in [6, 6.07) is 4.76. The van der Waals surface area contributed by atoms with E-state index >= 15 is 0 Å². The van der Waals surface area contributed by atoms with Crippen LogP contribution in [0.3, 0.4) is 0 Å². The third-order valence-corrected chi connectivity index (χ3v) is 5.43. The van der Waals surface area contributed by atoms with Gasteiger partial charge in [-0.25, -0.2) is 0 Å². The van der Waals surface area contributed by atoms with Crippen LogP contribution in [0, 0.1) is 6.92 Å². The van der Waals surface area contributed by atoms with Crippen molar-refractivity contribution in [3.8, 4) is 11.3 Å². The molecular formula is C20H15ClF3N3O4. The molecule has 2 heterocycles. The van der Waals surface area contributed by atoms with Crippen LogP contribution in [-0.4, -0.2) is 33.1 Å². The minimum Gasteiger partial charge on any atom is -0.480 e. The summed E-state index contributed by atoms with van der Waals surface area (Å²) in [7, 11) is 0. The predicted octanol–water partition coefficient (Wildman–Crippen LogP) is 3.56.